The molecular formula is C29H40FN5O4Si2. The van der Waals surface area contributed by atoms with Crippen LogP contribution in [0.2, 0.25) is 51.4 Å². The van der Waals surface area contributed by atoms with E-state index in [2.05, 4.69) is 54.7 Å². The molecule has 12 heteroatoms. The summed E-state index contributed by atoms with van der Waals surface area (Å²) in [4.78, 5) is 31.0. The maximum atomic E-state index is 13.9. The highest BCUT2D eigenvalue weighted by Gasteiger charge is 2.37. The van der Waals surface area contributed by atoms with Crippen molar-refractivity contribution in [2.45, 2.75) is 56.9 Å². The van der Waals surface area contributed by atoms with Crippen LogP contribution in [0.15, 0.2) is 42.7 Å². The average Bonchev–Trinajstić information content (AvgIpc) is 3.33. The van der Waals surface area contributed by atoms with Crippen LogP contribution in [0.1, 0.15) is 0 Å². The van der Waals surface area contributed by atoms with Gasteiger partial charge in [0.15, 0.2) is 18.1 Å². The number of aromatic nitrogens is 3. The number of aldehydes is 2. The lowest BCUT2D eigenvalue weighted by Gasteiger charge is -2.35. The van der Waals surface area contributed by atoms with Gasteiger partial charge in [0.05, 0.1) is 11.7 Å². The summed E-state index contributed by atoms with van der Waals surface area (Å²) in [7, 11) is -2.61. The Balaban J connectivity index is 1.70. The second-order valence-corrected chi connectivity index (χ2v) is 24.2. The molecule has 1 aromatic carbocycles. The van der Waals surface area contributed by atoms with Crippen LogP contribution < -0.4 is 5.32 Å². The molecule has 2 aromatic heterocycles. The fourth-order valence-electron chi connectivity index (χ4n) is 4.28. The summed E-state index contributed by atoms with van der Waals surface area (Å²) in [5.74, 6) is 0.565. The van der Waals surface area contributed by atoms with Gasteiger partial charge in [-0.1, -0.05) is 39.3 Å². The van der Waals surface area contributed by atoms with Crippen molar-refractivity contribution < 1.29 is 23.5 Å². The Hall–Kier alpha value is -3.20. The lowest BCUT2D eigenvalue weighted by atomic mass is 10.00. The van der Waals surface area contributed by atoms with Crippen molar-refractivity contribution in [1.29, 1.82) is 0 Å². The number of halogens is 1. The maximum absolute atomic E-state index is 13.9. The van der Waals surface area contributed by atoms with E-state index in [1.165, 1.54) is 12.1 Å². The molecule has 0 aliphatic carbocycles. The van der Waals surface area contributed by atoms with Gasteiger partial charge < -0.3 is 19.7 Å². The molecule has 0 atom stereocenters. The molecule has 0 spiro atoms. The largest absolute Gasteiger partial charge is 0.361 e. The molecule has 0 saturated heterocycles. The number of rotatable bonds is 14. The van der Waals surface area contributed by atoms with Crippen molar-refractivity contribution >= 4 is 51.3 Å². The van der Waals surface area contributed by atoms with Crippen molar-refractivity contribution in [2.24, 2.45) is 0 Å². The predicted molar refractivity (Wildman–Crippen MR) is 165 cm³/mol. The minimum absolute atomic E-state index is 0.197. The molecule has 0 bridgehead atoms. The first kappa shape index (κ1) is 30.8. The molecule has 0 amide bonds. The molecule has 0 saturated carbocycles. The number of carbonyl (C=O) groups is 2. The van der Waals surface area contributed by atoms with Gasteiger partial charge in [-0.15, -0.1) is 0 Å². The van der Waals surface area contributed by atoms with E-state index in [0.717, 1.165) is 12.1 Å². The zero-order chi connectivity index (χ0) is 29.8. The standard InChI is InChI=1S/C29H40FN5O4Si2/c1-40(2,3)11-9-38-20-34(21-39-10-12-41(4,5)6)27-15-29(18-36,19-37)33-28-25(17-32-35(27)28)23-13-22-14-24(30)7-8-26(22)31-16-23/h7-8,13-19,33H,9-12,20-21H2,1-6H3. The molecule has 9 nitrogen and oxygen atoms in total. The third kappa shape index (κ3) is 7.76. The van der Waals surface area contributed by atoms with Gasteiger partial charge in [-0.3, -0.25) is 14.6 Å². The number of pyridine rings is 1. The van der Waals surface area contributed by atoms with E-state index in [1.807, 2.05) is 11.0 Å². The Labute approximate surface area is 242 Å². The van der Waals surface area contributed by atoms with Crippen LogP contribution in [0.3, 0.4) is 0 Å². The fraction of sp³-hybridized carbons (Fsp3) is 0.448. The molecule has 3 heterocycles. The third-order valence-electron chi connectivity index (χ3n) is 6.84. The second kappa shape index (κ2) is 12.4. The Kier molecular flexibility index (Phi) is 9.27. The Bertz CT molecular complexity index is 1400. The van der Waals surface area contributed by atoms with E-state index in [-0.39, 0.29) is 19.3 Å². The number of anilines is 1. The van der Waals surface area contributed by atoms with Gasteiger partial charge in [0.25, 0.3) is 0 Å². The van der Waals surface area contributed by atoms with Crippen LogP contribution in [-0.4, -0.2) is 80.6 Å². The number of hydrogen-bond donors (Lipinski definition) is 1. The summed E-state index contributed by atoms with van der Waals surface area (Å²) < 4.78 is 27.8. The first-order valence-corrected chi connectivity index (χ1v) is 21.2. The van der Waals surface area contributed by atoms with Crippen molar-refractivity contribution in [3.05, 3.63) is 48.6 Å². The average molecular weight is 598 g/mol. The first-order valence-electron chi connectivity index (χ1n) is 13.8. The Morgan fingerprint density at radius 3 is 2.20 bits per heavy atom. The number of fused-ring (bicyclic) bond motifs is 2. The minimum atomic E-state index is -1.62. The van der Waals surface area contributed by atoms with E-state index < -0.39 is 21.7 Å². The number of carbonyl (C=O) groups excluding carboxylic acids is 2. The van der Waals surface area contributed by atoms with E-state index in [9.17, 15) is 14.0 Å². The highest BCUT2D eigenvalue weighted by Crippen LogP contribution is 2.37. The van der Waals surface area contributed by atoms with Crippen molar-refractivity contribution in [3.8, 4) is 11.1 Å². The van der Waals surface area contributed by atoms with Gasteiger partial charge in [0.2, 0.25) is 0 Å². The zero-order valence-corrected chi connectivity index (χ0v) is 26.7. The fourth-order valence-corrected chi connectivity index (χ4v) is 5.79. The number of benzene rings is 1. The zero-order valence-electron chi connectivity index (χ0n) is 24.7. The topological polar surface area (TPSA) is 98.6 Å². The van der Waals surface area contributed by atoms with Crippen molar-refractivity contribution in [1.82, 2.24) is 19.7 Å². The molecule has 4 rings (SSSR count). The van der Waals surface area contributed by atoms with Gasteiger partial charge in [0.1, 0.15) is 30.9 Å². The van der Waals surface area contributed by atoms with Crippen molar-refractivity contribution in [2.75, 3.05) is 32.0 Å². The van der Waals surface area contributed by atoms with Crippen LogP contribution in [0.25, 0.3) is 27.9 Å². The molecule has 41 heavy (non-hydrogen) atoms. The van der Waals surface area contributed by atoms with Crippen LogP contribution in [-0.2, 0) is 19.1 Å². The van der Waals surface area contributed by atoms with E-state index in [4.69, 9.17) is 9.47 Å². The second-order valence-electron chi connectivity index (χ2n) is 12.9. The molecular weight excluding hydrogens is 558 g/mol. The van der Waals surface area contributed by atoms with Crippen LogP contribution in [0, 0.1) is 5.82 Å². The molecule has 0 fully saturated rings. The molecule has 1 aliphatic rings. The molecule has 0 radical (unpaired) electrons. The summed E-state index contributed by atoms with van der Waals surface area (Å²) in [6.07, 6.45) is 6.00. The molecule has 1 N–H and O–H groups in total. The van der Waals surface area contributed by atoms with Crippen molar-refractivity contribution in [3.63, 3.8) is 0 Å². The van der Waals surface area contributed by atoms with Gasteiger partial charge in [-0.05, 0) is 42.4 Å². The molecule has 0 unspecified atom stereocenters. The number of hydrogen-bond acceptors (Lipinski definition) is 8. The Morgan fingerprint density at radius 2 is 1.61 bits per heavy atom. The van der Waals surface area contributed by atoms with Crippen LogP contribution in [0.4, 0.5) is 10.2 Å². The van der Waals surface area contributed by atoms with E-state index >= 15 is 0 Å². The maximum Gasteiger partial charge on any atom is 0.173 e. The number of nitrogens with one attached hydrogen (secondary N) is 1. The first-order chi connectivity index (χ1) is 19.3. The van der Waals surface area contributed by atoms with Crippen LogP contribution >= 0.6 is 0 Å². The quantitative estimate of drug-likeness (QED) is 0.0853. The summed E-state index contributed by atoms with van der Waals surface area (Å²) in [6, 6.07) is 8.20. The smallest absolute Gasteiger partial charge is 0.173 e. The van der Waals surface area contributed by atoms with Crippen LogP contribution in [0.5, 0.6) is 0 Å². The van der Waals surface area contributed by atoms with Gasteiger partial charge in [0, 0.05) is 52.1 Å². The summed E-state index contributed by atoms with van der Waals surface area (Å²) >= 11 is 0. The highest BCUT2D eigenvalue weighted by molar-refractivity contribution is 6.76. The summed E-state index contributed by atoms with van der Waals surface area (Å²) in [6.45, 7) is 15.3. The number of ether oxygens (including phenoxy) is 2. The summed E-state index contributed by atoms with van der Waals surface area (Å²) in [5.41, 5.74) is 0.303. The normalized spacial score (nSPS) is 14.8. The third-order valence-corrected chi connectivity index (χ3v) is 10.3. The number of nitrogens with zero attached hydrogens (tertiary/aromatic N) is 4. The SMILES string of the molecule is C[Si](C)(C)CCOCN(COCC[Si](C)(C)C)C1=CC(C=O)(C=O)Nc2c(-c3cnc4ccc(F)cc4c3)cnn21. The Morgan fingerprint density at radius 1 is 0.976 bits per heavy atom. The molecule has 1 aliphatic heterocycles. The monoisotopic (exact) mass is 597 g/mol. The predicted octanol–water partition coefficient (Wildman–Crippen LogP) is 5.52. The lowest BCUT2D eigenvalue weighted by Crippen LogP contribution is -2.46. The van der Waals surface area contributed by atoms with Gasteiger partial charge >= 0.3 is 0 Å². The summed E-state index contributed by atoms with van der Waals surface area (Å²) in [5, 5.41) is 8.30. The minimum Gasteiger partial charge on any atom is -0.361 e. The molecule has 3 aromatic rings. The highest BCUT2D eigenvalue weighted by atomic mass is 28.3. The van der Waals surface area contributed by atoms with Gasteiger partial charge in [-0.25, -0.2) is 9.07 Å². The lowest BCUT2D eigenvalue weighted by molar-refractivity contribution is -0.118. The van der Waals surface area contributed by atoms with E-state index in [1.54, 1.807) is 29.2 Å². The molecule has 220 valence electrons. The van der Waals surface area contributed by atoms with E-state index in [0.29, 0.717) is 59.5 Å². The van der Waals surface area contributed by atoms with Gasteiger partial charge in [-0.2, -0.15) is 5.10 Å².